The van der Waals surface area contributed by atoms with E-state index in [1.807, 2.05) is 38.2 Å². The van der Waals surface area contributed by atoms with Gasteiger partial charge >= 0.3 is 18.1 Å². The van der Waals surface area contributed by atoms with Crippen molar-refractivity contribution in [1.82, 2.24) is 10.6 Å². The molecule has 0 aromatic heterocycles. The van der Waals surface area contributed by atoms with Gasteiger partial charge < -0.3 is 34.5 Å². The van der Waals surface area contributed by atoms with E-state index in [0.717, 1.165) is 0 Å². The fraction of sp³-hybridized carbons (Fsp3) is 0.406. The Balaban J connectivity index is 1.56. The lowest BCUT2D eigenvalue weighted by atomic mass is 9.84. The Bertz CT molecular complexity index is 1590. The number of carbonyl (C=O) groups is 3. The highest BCUT2D eigenvalue weighted by Crippen LogP contribution is 2.42. The Labute approximate surface area is 257 Å². The third-order valence-electron chi connectivity index (χ3n) is 8.25. The second-order valence-electron chi connectivity index (χ2n) is 11.1. The number of methoxy groups -OCH3 is 1. The average Bonchev–Trinajstić information content (AvgIpc) is 3.11. The zero-order chi connectivity index (χ0) is 32.4. The first kappa shape index (κ1) is 32.2. The van der Waals surface area contributed by atoms with Gasteiger partial charge in [-0.15, -0.1) is 0 Å². The number of likely N-dealkylation sites (N-methyl/N-ethyl adjacent to an activating group) is 1. The first-order valence-electron chi connectivity index (χ1n) is 14.5. The molecule has 0 radical (unpaired) electrons. The van der Waals surface area contributed by atoms with Gasteiger partial charge in [0.25, 0.3) is 0 Å². The van der Waals surface area contributed by atoms with Crippen molar-refractivity contribution in [1.29, 1.82) is 0 Å². The standard InChI is InChI=1S/C32H34F3N3O7/c1-19(36-2)17-37-27-28(39)38(24-6-4-5-7-26(24)45-31(27)12-14-43-15-13-31)18-23-22-10-8-21(16-20(22)9-11-25(23)42-3)29(40)44-30(41)32(33,34)35/h4-11,16,19,27,36-37H,12-15,17-18H2,1-3H3/t19-,27+/m0/s1. The van der Waals surface area contributed by atoms with Crippen LogP contribution in [0.15, 0.2) is 54.6 Å². The summed E-state index contributed by atoms with van der Waals surface area (Å²) in [7, 11) is 3.33. The van der Waals surface area contributed by atoms with Gasteiger partial charge in [-0.1, -0.05) is 24.3 Å². The minimum Gasteiger partial charge on any atom is -0.496 e. The predicted molar refractivity (Wildman–Crippen MR) is 158 cm³/mol. The molecule has 0 unspecified atom stereocenters. The molecule has 1 spiro atoms. The number of hydrogen-bond acceptors (Lipinski definition) is 9. The molecule has 2 atom stereocenters. The summed E-state index contributed by atoms with van der Waals surface area (Å²) in [5, 5.41) is 7.69. The first-order chi connectivity index (χ1) is 21.5. The van der Waals surface area contributed by atoms with Crippen molar-refractivity contribution >= 4 is 34.3 Å². The third-order valence-corrected chi connectivity index (χ3v) is 8.25. The number of para-hydroxylation sites is 2. The van der Waals surface area contributed by atoms with Gasteiger partial charge in [0.05, 0.1) is 38.1 Å². The van der Waals surface area contributed by atoms with Crippen LogP contribution in [0.5, 0.6) is 11.5 Å². The van der Waals surface area contributed by atoms with Crippen LogP contribution in [0.2, 0.25) is 0 Å². The molecule has 2 aliphatic heterocycles. The number of rotatable bonds is 8. The van der Waals surface area contributed by atoms with Crippen LogP contribution in [-0.4, -0.2) is 75.6 Å². The van der Waals surface area contributed by atoms with Crippen molar-refractivity contribution in [3.05, 3.63) is 65.7 Å². The van der Waals surface area contributed by atoms with Crippen LogP contribution in [0.3, 0.4) is 0 Å². The number of fused-ring (bicyclic) bond motifs is 2. The lowest BCUT2D eigenvalue weighted by molar-refractivity contribution is -0.193. The smallest absolute Gasteiger partial charge is 0.491 e. The van der Waals surface area contributed by atoms with E-state index < -0.39 is 29.8 Å². The normalized spacial score (nSPS) is 18.6. The Hall–Kier alpha value is -4.20. The summed E-state index contributed by atoms with van der Waals surface area (Å²) in [4.78, 5) is 39.9. The molecule has 10 nitrogen and oxygen atoms in total. The molecule has 2 heterocycles. The molecular formula is C32H34F3N3O7. The highest BCUT2D eigenvalue weighted by atomic mass is 19.4. The monoisotopic (exact) mass is 629 g/mol. The number of benzene rings is 3. The zero-order valence-electron chi connectivity index (χ0n) is 25.0. The maximum absolute atomic E-state index is 14.6. The van der Waals surface area contributed by atoms with Gasteiger partial charge in [0.1, 0.15) is 23.1 Å². The number of halogens is 3. The Morgan fingerprint density at radius 2 is 1.84 bits per heavy atom. The minimum atomic E-state index is -5.31. The van der Waals surface area contributed by atoms with Crippen molar-refractivity contribution in [2.45, 2.75) is 50.2 Å². The number of hydrogen-bond donors (Lipinski definition) is 2. The van der Waals surface area contributed by atoms with Gasteiger partial charge in [-0.3, -0.25) is 4.79 Å². The largest absolute Gasteiger partial charge is 0.496 e. The van der Waals surface area contributed by atoms with Crippen LogP contribution in [0, 0.1) is 0 Å². The molecule has 3 aromatic carbocycles. The third kappa shape index (κ3) is 6.60. The molecule has 0 bridgehead atoms. The van der Waals surface area contributed by atoms with E-state index in [4.69, 9.17) is 14.2 Å². The fourth-order valence-electron chi connectivity index (χ4n) is 5.70. The first-order valence-corrected chi connectivity index (χ1v) is 14.5. The van der Waals surface area contributed by atoms with Crippen LogP contribution >= 0.6 is 0 Å². The van der Waals surface area contributed by atoms with Crippen LogP contribution in [0.1, 0.15) is 35.7 Å². The Morgan fingerprint density at radius 3 is 2.53 bits per heavy atom. The number of alkyl halides is 3. The number of nitrogens with zero attached hydrogens (tertiary/aromatic N) is 1. The summed E-state index contributed by atoms with van der Waals surface area (Å²) < 4.78 is 60.0. The van der Waals surface area contributed by atoms with Crippen LogP contribution in [0.25, 0.3) is 10.8 Å². The lowest BCUT2D eigenvalue weighted by Crippen LogP contribution is -2.63. The van der Waals surface area contributed by atoms with Crippen LogP contribution in [0.4, 0.5) is 18.9 Å². The molecule has 2 aliphatic rings. The lowest BCUT2D eigenvalue weighted by Gasteiger charge is -2.42. The molecule has 1 amide bonds. The highest BCUT2D eigenvalue weighted by molar-refractivity contribution is 6.03. The number of carbonyl (C=O) groups excluding carboxylic acids is 3. The van der Waals surface area contributed by atoms with E-state index in [0.29, 0.717) is 66.1 Å². The quantitative estimate of drug-likeness (QED) is 0.280. The SMILES string of the molecule is CN[C@@H](C)CN[C@@H]1C(=O)N(Cc2c(OC)ccc3cc(C(=O)OC(=O)C(F)(F)F)ccc23)c2ccccc2OC12CCOCC2. The Kier molecular flexibility index (Phi) is 9.33. The van der Waals surface area contributed by atoms with Gasteiger partial charge in [-0.2, -0.15) is 13.2 Å². The van der Waals surface area contributed by atoms with Crippen molar-refractivity contribution in [2.24, 2.45) is 0 Å². The average molecular weight is 630 g/mol. The number of amides is 1. The minimum absolute atomic E-state index is 0.0441. The molecule has 3 aromatic rings. The number of esters is 2. The predicted octanol–water partition coefficient (Wildman–Crippen LogP) is 4.14. The van der Waals surface area contributed by atoms with Gasteiger partial charge in [0.15, 0.2) is 0 Å². The molecule has 5 rings (SSSR count). The molecule has 1 saturated heterocycles. The second kappa shape index (κ2) is 13.0. The van der Waals surface area contributed by atoms with Gasteiger partial charge in [0.2, 0.25) is 5.91 Å². The number of nitrogens with one attached hydrogen (secondary N) is 2. The summed E-state index contributed by atoms with van der Waals surface area (Å²) in [5.41, 5.74) is 0.0451. The molecule has 0 aliphatic carbocycles. The van der Waals surface area contributed by atoms with Crippen molar-refractivity contribution < 1.29 is 46.5 Å². The molecule has 2 N–H and O–H groups in total. The van der Waals surface area contributed by atoms with E-state index in [1.54, 1.807) is 17.0 Å². The molecule has 13 heteroatoms. The van der Waals surface area contributed by atoms with E-state index in [2.05, 4.69) is 15.4 Å². The maximum Gasteiger partial charge on any atom is 0.491 e. The summed E-state index contributed by atoms with van der Waals surface area (Å²) in [5.74, 6) is -3.25. The highest BCUT2D eigenvalue weighted by Gasteiger charge is 2.51. The zero-order valence-corrected chi connectivity index (χ0v) is 25.0. The van der Waals surface area contributed by atoms with E-state index in [1.165, 1.54) is 25.3 Å². The number of ether oxygens (including phenoxy) is 4. The molecule has 240 valence electrons. The molecule has 45 heavy (non-hydrogen) atoms. The van der Waals surface area contributed by atoms with E-state index in [9.17, 15) is 27.6 Å². The maximum atomic E-state index is 14.6. The summed E-state index contributed by atoms with van der Waals surface area (Å²) >= 11 is 0. The van der Waals surface area contributed by atoms with E-state index in [-0.39, 0.29) is 24.1 Å². The summed E-state index contributed by atoms with van der Waals surface area (Å²) in [6.07, 6.45) is -4.31. The summed E-state index contributed by atoms with van der Waals surface area (Å²) in [6.45, 7) is 3.42. The van der Waals surface area contributed by atoms with Gasteiger partial charge in [-0.25, -0.2) is 9.59 Å². The molecule has 0 saturated carbocycles. The van der Waals surface area contributed by atoms with E-state index >= 15 is 0 Å². The molecular weight excluding hydrogens is 595 g/mol. The van der Waals surface area contributed by atoms with Crippen LogP contribution < -0.4 is 25.0 Å². The molecule has 1 fully saturated rings. The van der Waals surface area contributed by atoms with Gasteiger partial charge in [-0.05, 0) is 55.1 Å². The summed E-state index contributed by atoms with van der Waals surface area (Å²) in [6, 6.07) is 14.0. The second-order valence-corrected chi connectivity index (χ2v) is 11.1. The fourth-order valence-corrected chi connectivity index (χ4v) is 5.70. The van der Waals surface area contributed by atoms with Crippen molar-refractivity contribution in [2.75, 3.05) is 38.8 Å². The topological polar surface area (TPSA) is 115 Å². The van der Waals surface area contributed by atoms with Crippen molar-refractivity contribution in [3.63, 3.8) is 0 Å². The van der Waals surface area contributed by atoms with Gasteiger partial charge in [0, 0.05) is 31.0 Å². The van der Waals surface area contributed by atoms with Crippen molar-refractivity contribution in [3.8, 4) is 11.5 Å². The number of anilines is 1. The Morgan fingerprint density at radius 1 is 1.11 bits per heavy atom. The van der Waals surface area contributed by atoms with Crippen LogP contribution in [-0.2, 0) is 25.6 Å².